The normalized spacial score (nSPS) is 23.4. The van der Waals surface area contributed by atoms with Crippen molar-refractivity contribution in [3.05, 3.63) is 28.2 Å². The number of piperazine rings is 1. The Morgan fingerprint density at radius 2 is 2.19 bits per heavy atom. The molecular weight excluding hydrogens is 330 g/mol. The standard InChI is InChI=1S/C16H22BrN3O/c1-11(18-2)12-3-5-15(14(17)9-12)19-7-8-20-13(10-19)4-6-16(20)21/h3,5,9,11,13,18H,4,6-8,10H2,1-2H3. The number of hydrogen-bond acceptors (Lipinski definition) is 3. The molecule has 1 aromatic rings. The van der Waals surface area contributed by atoms with Crippen LogP contribution in [0.4, 0.5) is 5.69 Å². The van der Waals surface area contributed by atoms with Crippen LogP contribution in [-0.4, -0.2) is 43.5 Å². The molecule has 1 aromatic carbocycles. The predicted octanol–water partition coefficient (Wildman–Crippen LogP) is 2.54. The summed E-state index contributed by atoms with van der Waals surface area (Å²) in [5, 5.41) is 3.26. The second kappa shape index (κ2) is 5.97. The molecule has 4 nitrogen and oxygen atoms in total. The Morgan fingerprint density at radius 3 is 2.90 bits per heavy atom. The number of amides is 1. The van der Waals surface area contributed by atoms with E-state index in [1.54, 1.807) is 0 Å². The molecular formula is C16H22BrN3O. The lowest BCUT2D eigenvalue weighted by Gasteiger charge is -2.39. The van der Waals surface area contributed by atoms with E-state index in [1.807, 2.05) is 7.05 Å². The smallest absolute Gasteiger partial charge is 0.223 e. The lowest BCUT2D eigenvalue weighted by molar-refractivity contribution is -0.129. The van der Waals surface area contributed by atoms with E-state index in [-0.39, 0.29) is 0 Å². The number of nitrogens with one attached hydrogen (secondary N) is 1. The van der Waals surface area contributed by atoms with Gasteiger partial charge in [0.1, 0.15) is 0 Å². The fraction of sp³-hybridized carbons (Fsp3) is 0.562. The van der Waals surface area contributed by atoms with Gasteiger partial charge in [-0.05, 0) is 54.0 Å². The van der Waals surface area contributed by atoms with Crippen LogP contribution in [0.5, 0.6) is 0 Å². The fourth-order valence-electron chi connectivity index (χ4n) is 3.30. The van der Waals surface area contributed by atoms with Crippen molar-refractivity contribution in [2.24, 2.45) is 0 Å². The zero-order chi connectivity index (χ0) is 15.0. The third-order valence-electron chi connectivity index (χ3n) is 4.74. The molecule has 3 rings (SSSR count). The molecule has 0 radical (unpaired) electrons. The van der Waals surface area contributed by atoms with E-state index in [0.29, 0.717) is 18.0 Å². The largest absolute Gasteiger partial charge is 0.367 e. The van der Waals surface area contributed by atoms with Crippen LogP contribution in [-0.2, 0) is 4.79 Å². The first-order valence-corrected chi connectivity index (χ1v) is 8.40. The number of rotatable bonds is 3. The van der Waals surface area contributed by atoms with Crippen molar-refractivity contribution < 1.29 is 4.79 Å². The summed E-state index contributed by atoms with van der Waals surface area (Å²) in [5.74, 6) is 0.330. The average Bonchev–Trinajstić information content (AvgIpc) is 2.87. The van der Waals surface area contributed by atoms with Crippen molar-refractivity contribution in [2.75, 3.05) is 31.6 Å². The Kier molecular flexibility index (Phi) is 4.22. The maximum Gasteiger partial charge on any atom is 0.223 e. The summed E-state index contributed by atoms with van der Waals surface area (Å²) >= 11 is 3.71. The molecule has 1 N–H and O–H groups in total. The molecule has 21 heavy (non-hydrogen) atoms. The minimum Gasteiger partial charge on any atom is -0.367 e. The molecule has 1 amide bonds. The Bertz CT molecular complexity index is 548. The molecule has 0 bridgehead atoms. The quantitative estimate of drug-likeness (QED) is 0.908. The molecule has 0 aromatic heterocycles. The molecule has 2 fully saturated rings. The Balaban J connectivity index is 1.77. The minimum atomic E-state index is 0.330. The van der Waals surface area contributed by atoms with Gasteiger partial charge in [-0.3, -0.25) is 4.79 Å². The van der Waals surface area contributed by atoms with Crippen LogP contribution in [0.1, 0.15) is 31.4 Å². The highest BCUT2D eigenvalue weighted by Crippen LogP contribution is 2.32. The van der Waals surface area contributed by atoms with Crippen LogP contribution < -0.4 is 10.2 Å². The van der Waals surface area contributed by atoms with E-state index < -0.39 is 0 Å². The number of benzene rings is 1. The summed E-state index contributed by atoms with van der Waals surface area (Å²) in [6, 6.07) is 7.32. The molecule has 2 aliphatic rings. The monoisotopic (exact) mass is 351 g/mol. The van der Waals surface area contributed by atoms with Crippen molar-refractivity contribution in [1.82, 2.24) is 10.2 Å². The molecule has 2 atom stereocenters. The van der Waals surface area contributed by atoms with Gasteiger partial charge in [-0.25, -0.2) is 0 Å². The molecule has 114 valence electrons. The van der Waals surface area contributed by atoms with Crippen molar-refractivity contribution in [3.8, 4) is 0 Å². The first-order chi connectivity index (χ1) is 10.1. The molecule has 5 heteroatoms. The van der Waals surface area contributed by atoms with Crippen molar-refractivity contribution >= 4 is 27.5 Å². The number of nitrogens with zero attached hydrogens (tertiary/aromatic N) is 2. The Morgan fingerprint density at radius 1 is 1.38 bits per heavy atom. The second-order valence-corrected chi connectivity index (χ2v) is 6.80. The van der Waals surface area contributed by atoms with Gasteiger partial charge in [0, 0.05) is 42.6 Å². The summed E-state index contributed by atoms with van der Waals surface area (Å²) < 4.78 is 1.14. The summed E-state index contributed by atoms with van der Waals surface area (Å²) in [6.07, 6.45) is 1.72. The number of hydrogen-bond donors (Lipinski definition) is 1. The third-order valence-corrected chi connectivity index (χ3v) is 5.38. The van der Waals surface area contributed by atoms with E-state index in [1.165, 1.54) is 11.3 Å². The average molecular weight is 352 g/mol. The molecule has 0 spiro atoms. The number of anilines is 1. The lowest BCUT2D eigenvalue weighted by Crippen LogP contribution is -2.51. The first-order valence-electron chi connectivity index (χ1n) is 7.61. The van der Waals surface area contributed by atoms with E-state index in [9.17, 15) is 4.79 Å². The van der Waals surface area contributed by atoms with Gasteiger partial charge >= 0.3 is 0 Å². The van der Waals surface area contributed by atoms with Gasteiger partial charge in [-0.1, -0.05) is 6.07 Å². The van der Waals surface area contributed by atoms with Crippen LogP contribution >= 0.6 is 15.9 Å². The maximum absolute atomic E-state index is 11.8. The summed E-state index contributed by atoms with van der Waals surface area (Å²) in [4.78, 5) is 16.2. The van der Waals surface area contributed by atoms with E-state index in [0.717, 1.165) is 36.9 Å². The molecule has 2 heterocycles. The number of fused-ring (bicyclic) bond motifs is 1. The zero-order valence-electron chi connectivity index (χ0n) is 12.6. The van der Waals surface area contributed by atoms with E-state index in [2.05, 4.69) is 56.2 Å². The van der Waals surface area contributed by atoms with Gasteiger partial charge in [0.25, 0.3) is 0 Å². The maximum atomic E-state index is 11.8. The highest BCUT2D eigenvalue weighted by molar-refractivity contribution is 9.10. The van der Waals surface area contributed by atoms with Crippen molar-refractivity contribution in [1.29, 1.82) is 0 Å². The lowest BCUT2D eigenvalue weighted by atomic mass is 10.1. The first kappa shape index (κ1) is 14.9. The SMILES string of the molecule is CNC(C)c1ccc(N2CCN3C(=O)CCC3C2)c(Br)c1. The van der Waals surface area contributed by atoms with Gasteiger partial charge in [-0.15, -0.1) is 0 Å². The highest BCUT2D eigenvalue weighted by atomic mass is 79.9. The van der Waals surface area contributed by atoms with Crippen LogP contribution in [0.2, 0.25) is 0 Å². The van der Waals surface area contributed by atoms with Gasteiger partial charge in [0.05, 0.1) is 5.69 Å². The number of carbonyl (C=O) groups is 1. The van der Waals surface area contributed by atoms with Crippen molar-refractivity contribution in [2.45, 2.75) is 31.8 Å². The summed E-state index contributed by atoms with van der Waals surface area (Å²) in [5.41, 5.74) is 2.52. The predicted molar refractivity (Wildman–Crippen MR) is 88.6 cm³/mol. The van der Waals surface area contributed by atoms with E-state index in [4.69, 9.17) is 0 Å². The highest BCUT2D eigenvalue weighted by Gasteiger charge is 2.35. The Hall–Kier alpha value is -1.07. The van der Waals surface area contributed by atoms with Gasteiger partial charge in [0.15, 0.2) is 0 Å². The third kappa shape index (κ3) is 2.81. The molecule has 2 saturated heterocycles. The van der Waals surface area contributed by atoms with Gasteiger partial charge in [0.2, 0.25) is 5.91 Å². The molecule has 2 unspecified atom stereocenters. The van der Waals surface area contributed by atoms with Crippen molar-refractivity contribution in [3.63, 3.8) is 0 Å². The van der Waals surface area contributed by atoms with Crippen LogP contribution in [0.3, 0.4) is 0 Å². The Labute approximate surface area is 134 Å². The van der Waals surface area contributed by atoms with Crippen LogP contribution in [0, 0.1) is 0 Å². The second-order valence-electron chi connectivity index (χ2n) is 5.95. The zero-order valence-corrected chi connectivity index (χ0v) is 14.2. The number of carbonyl (C=O) groups excluding carboxylic acids is 1. The topological polar surface area (TPSA) is 35.6 Å². The molecule has 0 aliphatic carbocycles. The van der Waals surface area contributed by atoms with Crippen LogP contribution in [0.15, 0.2) is 22.7 Å². The summed E-state index contributed by atoms with van der Waals surface area (Å²) in [6.45, 7) is 4.88. The van der Waals surface area contributed by atoms with E-state index >= 15 is 0 Å². The number of halogens is 1. The molecule has 2 aliphatic heterocycles. The van der Waals surface area contributed by atoms with Gasteiger partial charge < -0.3 is 15.1 Å². The fourth-order valence-corrected chi connectivity index (χ4v) is 3.95. The van der Waals surface area contributed by atoms with Crippen LogP contribution in [0.25, 0.3) is 0 Å². The molecule has 0 saturated carbocycles. The van der Waals surface area contributed by atoms with Gasteiger partial charge in [-0.2, -0.15) is 0 Å². The minimum absolute atomic E-state index is 0.330. The summed E-state index contributed by atoms with van der Waals surface area (Å²) in [7, 11) is 1.98.